The van der Waals surface area contributed by atoms with Gasteiger partial charge in [-0.1, -0.05) is 36.4 Å². The van der Waals surface area contributed by atoms with Gasteiger partial charge in [0, 0.05) is 18.8 Å². The second-order valence-electron chi connectivity index (χ2n) is 6.46. The summed E-state index contributed by atoms with van der Waals surface area (Å²) in [4.78, 5) is 10.5. The zero-order chi connectivity index (χ0) is 20.7. The first kappa shape index (κ1) is 25.2. The molecule has 0 fully saturated rings. The van der Waals surface area contributed by atoms with Crippen LogP contribution in [0.5, 0.6) is 0 Å². The van der Waals surface area contributed by atoms with Crippen molar-refractivity contribution in [1.82, 2.24) is 0 Å². The zero-order valence-electron chi connectivity index (χ0n) is 16.3. The molecule has 0 bridgehead atoms. The van der Waals surface area contributed by atoms with Crippen LogP contribution in [-0.2, 0) is 4.79 Å². The number of aliphatic carboxylic acids is 1. The molecule has 2 aromatic carbocycles. The van der Waals surface area contributed by atoms with Gasteiger partial charge in [0.2, 0.25) is 0 Å². The fraction of sp³-hybridized carbons (Fsp3) is 0.227. The summed E-state index contributed by atoms with van der Waals surface area (Å²) in [5.41, 5.74) is 2.86. The molecular weight excluding hydrogens is 389 g/mol. The average Bonchev–Trinajstić information content (AvgIpc) is 2.62. The van der Waals surface area contributed by atoms with Crippen LogP contribution < -0.4 is 34.7 Å². The molecule has 0 heterocycles. The largest absolute Gasteiger partial charge is 1.00 e. The van der Waals surface area contributed by atoms with Crippen molar-refractivity contribution >= 4 is 11.5 Å². The van der Waals surface area contributed by atoms with E-state index in [1.165, 1.54) is 30.3 Å². The SMILES string of the molecule is CC(/C=C/[C@@H](O)C[C@@H](O)CC(=O)[O-])=C(c1ccc(F)cc1)c1ccc(F)cc1.[Na+]. The van der Waals surface area contributed by atoms with Crippen molar-refractivity contribution in [3.8, 4) is 0 Å². The fourth-order valence-corrected chi connectivity index (χ4v) is 2.83. The van der Waals surface area contributed by atoms with Gasteiger partial charge in [0.25, 0.3) is 0 Å². The van der Waals surface area contributed by atoms with E-state index in [1.807, 2.05) is 0 Å². The number of hydrogen-bond donors (Lipinski definition) is 2. The molecular formula is C22H21F2NaO4. The van der Waals surface area contributed by atoms with Crippen molar-refractivity contribution in [2.75, 3.05) is 0 Å². The number of benzene rings is 2. The minimum atomic E-state index is -1.39. The summed E-state index contributed by atoms with van der Waals surface area (Å²) < 4.78 is 26.6. The van der Waals surface area contributed by atoms with E-state index in [1.54, 1.807) is 37.3 Å². The zero-order valence-corrected chi connectivity index (χ0v) is 18.3. The van der Waals surface area contributed by atoms with Gasteiger partial charge in [0.05, 0.1) is 12.2 Å². The predicted octanol–water partition coefficient (Wildman–Crippen LogP) is -0.401. The first-order valence-electron chi connectivity index (χ1n) is 8.73. The summed E-state index contributed by atoms with van der Waals surface area (Å²) in [6, 6.07) is 11.7. The second kappa shape index (κ2) is 12.0. The van der Waals surface area contributed by atoms with Crippen molar-refractivity contribution < 1.29 is 58.5 Å². The number of halogens is 2. The van der Waals surface area contributed by atoms with Crippen LogP contribution in [0.4, 0.5) is 8.78 Å². The van der Waals surface area contributed by atoms with Gasteiger partial charge in [-0.15, -0.1) is 0 Å². The Bertz CT molecular complexity index is 814. The maximum atomic E-state index is 13.3. The van der Waals surface area contributed by atoms with Crippen LogP contribution in [0.1, 0.15) is 30.9 Å². The van der Waals surface area contributed by atoms with Gasteiger partial charge in [0.1, 0.15) is 11.6 Å². The summed E-state index contributed by atoms with van der Waals surface area (Å²) in [5, 5.41) is 30.0. The minimum Gasteiger partial charge on any atom is -0.550 e. The maximum absolute atomic E-state index is 13.3. The van der Waals surface area contributed by atoms with Crippen LogP contribution in [0.2, 0.25) is 0 Å². The molecule has 2 atom stereocenters. The third-order valence-corrected chi connectivity index (χ3v) is 4.14. The Kier molecular flexibility index (Phi) is 10.4. The number of carbonyl (C=O) groups excluding carboxylic acids is 1. The Hall–Kier alpha value is -1.83. The molecule has 2 N–H and O–H groups in total. The normalized spacial score (nSPS) is 12.9. The van der Waals surface area contributed by atoms with Crippen LogP contribution in [0, 0.1) is 11.6 Å². The van der Waals surface area contributed by atoms with Crippen molar-refractivity contribution in [2.24, 2.45) is 0 Å². The number of carboxylic acids is 1. The van der Waals surface area contributed by atoms with Gasteiger partial charge in [-0.25, -0.2) is 8.78 Å². The number of allylic oxidation sites excluding steroid dienone is 2. The van der Waals surface area contributed by atoms with Crippen molar-refractivity contribution in [3.63, 3.8) is 0 Å². The number of rotatable bonds is 8. The Balaban J connectivity index is 0.00000420. The second-order valence-corrected chi connectivity index (χ2v) is 6.46. The molecule has 0 amide bonds. The predicted molar refractivity (Wildman–Crippen MR) is 99.9 cm³/mol. The van der Waals surface area contributed by atoms with E-state index in [0.29, 0.717) is 16.7 Å². The number of aliphatic hydroxyl groups is 2. The quantitative estimate of drug-likeness (QED) is 0.459. The molecule has 2 aromatic rings. The molecule has 148 valence electrons. The number of aliphatic hydroxyl groups excluding tert-OH is 2. The fourth-order valence-electron chi connectivity index (χ4n) is 2.83. The van der Waals surface area contributed by atoms with Crippen LogP contribution in [0.15, 0.2) is 66.3 Å². The average molecular weight is 410 g/mol. The Morgan fingerprint density at radius 3 is 1.86 bits per heavy atom. The van der Waals surface area contributed by atoms with Crippen LogP contribution >= 0.6 is 0 Å². The molecule has 4 nitrogen and oxygen atoms in total. The Morgan fingerprint density at radius 2 is 1.45 bits per heavy atom. The molecule has 0 unspecified atom stereocenters. The molecule has 2 rings (SSSR count). The van der Waals surface area contributed by atoms with Gasteiger partial charge < -0.3 is 20.1 Å². The summed E-state index contributed by atoms with van der Waals surface area (Å²) in [6.45, 7) is 1.78. The monoisotopic (exact) mass is 410 g/mol. The van der Waals surface area contributed by atoms with Crippen molar-refractivity contribution in [1.29, 1.82) is 0 Å². The molecule has 7 heteroatoms. The van der Waals surface area contributed by atoms with E-state index >= 15 is 0 Å². The number of hydrogen-bond acceptors (Lipinski definition) is 4. The van der Waals surface area contributed by atoms with Crippen molar-refractivity contribution in [2.45, 2.75) is 32.0 Å². The van der Waals surface area contributed by atoms with Gasteiger partial charge in [-0.05, 0) is 53.5 Å². The summed E-state index contributed by atoms with van der Waals surface area (Å²) in [7, 11) is 0. The smallest absolute Gasteiger partial charge is 0.550 e. The van der Waals surface area contributed by atoms with Gasteiger partial charge >= 0.3 is 29.6 Å². The Labute approximate surface area is 190 Å². The van der Waals surface area contributed by atoms with E-state index in [2.05, 4.69) is 0 Å². The van der Waals surface area contributed by atoms with Crippen molar-refractivity contribution in [3.05, 3.63) is 89.0 Å². The van der Waals surface area contributed by atoms with Crippen LogP contribution in [0.25, 0.3) is 5.57 Å². The topological polar surface area (TPSA) is 80.6 Å². The third-order valence-electron chi connectivity index (χ3n) is 4.14. The molecule has 0 saturated heterocycles. The molecule has 0 spiro atoms. The first-order chi connectivity index (χ1) is 13.3. The summed E-state index contributed by atoms with van der Waals surface area (Å²) in [6.07, 6.45) is 0.0601. The minimum absolute atomic E-state index is 0. The molecule has 0 aliphatic heterocycles. The van der Waals surface area contributed by atoms with Crippen LogP contribution in [-0.4, -0.2) is 28.4 Å². The van der Waals surface area contributed by atoms with E-state index in [9.17, 15) is 28.9 Å². The number of carboxylic acid groups (broad SMARTS) is 1. The molecule has 0 aliphatic rings. The number of carbonyl (C=O) groups is 1. The first-order valence-corrected chi connectivity index (χ1v) is 8.73. The summed E-state index contributed by atoms with van der Waals surface area (Å²) >= 11 is 0. The molecule has 0 aromatic heterocycles. The standard InChI is InChI=1S/C22H22F2O4.Na/c1-14(2-11-19(25)12-20(26)13-21(27)28)22(15-3-7-17(23)8-4-15)16-5-9-18(24)10-6-16;/h2-11,19-20,25-26H,12-13H2,1H3,(H,27,28);/q;+1/p-1/b11-2+;/t19-,20-;/m1./s1. The maximum Gasteiger partial charge on any atom is 1.00 e. The van der Waals surface area contributed by atoms with E-state index < -0.39 is 24.6 Å². The van der Waals surface area contributed by atoms with Gasteiger partial charge in [0.15, 0.2) is 0 Å². The molecule has 0 radical (unpaired) electrons. The molecule has 0 aliphatic carbocycles. The van der Waals surface area contributed by atoms with E-state index in [4.69, 9.17) is 0 Å². The Morgan fingerprint density at radius 1 is 1.00 bits per heavy atom. The van der Waals surface area contributed by atoms with Gasteiger partial charge in [-0.3, -0.25) is 0 Å². The molecule has 29 heavy (non-hydrogen) atoms. The summed E-state index contributed by atoms with van der Waals surface area (Å²) in [5.74, 6) is -2.16. The van der Waals surface area contributed by atoms with E-state index in [0.717, 1.165) is 5.57 Å². The molecule has 0 saturated carbocycles. The third kappa shape index (κ3) is 8.20. The van der Waals surface area contributed by atoms with Crippen LogP contribution in [0.3, 0.4) is 0 Å². The van der Waals surface area contributed by atoms with Gasteiger partial charge in [-0.2, -0.15) is 0 Å². The van der Waals surface area contributed by atoms with E-state index in [-0.39, 0.29) is 47.6 Å².